The number of amides is 1. The van der Waals surface area contributed by atoms with Gasteiger partial charge in [-0.15, -0.1) is 11.3 Å². The van der Waals surface area contributed by atoms with Crippen LogP contribution in [0.1, 0.15) is 31.9 Å². The Morgan fingerprint density at radius 3 is 2.75 bits per heavy atom. The standard InChI is InChI=1S/C19H25N3OS/c1-2-10-22-11-8-16(9-12-22)20-18(23)13-17-14-24-19(21-17)15-6-4-3-5-7-15/h3-7,14,16H,2,8-13H2,1H3,(H,20,23). The Morgan fingerprint density at radius 1 is 1.29 bits per heavy atom. The maximum absolute atomic E-state index is 12.3. The molecule has 1 aliphatic heterocycles. The molecule has 0 unspecified atom stereocenters. The third-order valence-electron chi connectivity index (χ3n) is 4.41. The lowest BCUT2D eigenvalue weighted by molar-refractivity contribution is -0.121. The summed E-state index contributed by atoms with van der Waals surface area (Å²) in [5.41, 5.74) is 1.97. The van der Waals surface area contributed by atoms with E-state index in [4.69, 9.17) is 0 Å². The quantitative estimate of drug-likeness (QED) is 0.875. The fourth-order valence-electron chi connectivity index (χ4n) is 3.16. The van der Waals surface area contributed by atoms with Crippen molar-refractivity contribution in [3.8, 4) is 10.6 Å². The van der Waals surface area contributed by atoms with Gasteiger partial charge in [0.2, 0.25) is 5.91 Å². The summed E-state index contributed by atoms with van der Waals surface area (Å²) in [6, 6.07) is 10.4. The first-order valence-electron chi connectivity index (χ1n) is 8.76. The van der Waals surface area contributed by atoms with Gasteiger partial charge in [0.1, 0.15) is 5.01 Å². The number of aromatic nitrogens is 1. The number of hydrogen-bond acceptors (Lipinski definition) is 4. The third kappa shape index (κ3) is 4.65. The molecule has 0 saturated carbocycles. The van der Waals surface area contributed by atoms with E-state index in [0.29, 0.717) is 12.5 Å². The van der Waals surface area contributed by atoms with Crippen LogP contribution in [-0.4, -0.2) is 41.5 Å². The maximum Gasteiger partial charge on any atom is 0.226 e. The van der Waals surface area contributed by atoms with Crippen LogP contribution in [0.15, 0.2) is 35.7 Å². The predicted molar refractivity (Wildman–Crippen MR) is 99.1 cm³/mol. The number of benzene rings is 1. The van der Waals surface area contributed by atoms with Crippen molar-refractivity contribution in [3.05, 3.63) is 41.4 Å². The fraction of sp³-hybridized carbons (Fsp3) is 0.474. The van der Waals surface area contributed by atoms with Crippen LogP contribution >= 0.6 is 11.3 Å². The van der Waals surface area contributed by atoms with Gasteiger partial charge in [-0.2, -0.15) is 0 Å². The van der Waals surface area contributed by atoms with Crippen LogP contribution in [0, 0.1) is 0 Å². The van der Waals surface area contributed by atoms with Gasteiger partial charge in [-0.1, -0.05) is 37.3 Å². The Balaban J connectivity index is 1.48. The molecule has 1 aromatic heterocycles. The van der Waals surface area contributed by atoms with Crippen LogP contribution < -0.4 is 5.32 Å². The van der Waals surface area contributed by atoms with Gasteiger partial charge >= 0.3 is 0 Å². The van der Waals surface area contributed by atoms with E-state index >= 15 is 0 Å². The van der Waals surface area contributed by atoms with Crippen molar-refractivity contribution in [2.24, 2.45) is 0 Å². The van der Waals surface area contributed by atoms with Crippen molar-refractivity contribution in [3.63, 3.8) is 0 Å². The molecule has 0 bridgehead atoms. The predicted octanol–water partition coefficient (Wildman–Crippen LogP) is 3.34. The third-order valence-corrected chi connectivity index (χ3v) is 5.35. The summed E-state index contributed by atoms with van der Waals surface area (Å²) in [5.74, 6) is 0.0915. The molecule has 5 heteroatoms. The van der Waals surface area contributed by atoms with E-state index in [2.05, 4.69) is 22.1 Å². The van der Waals surface area contributed by atoms with E-state index < -0.39 is 0 Å². The number of nitrogens with zero attached hydrogens (tertiary/aromatic N) is 2. The second kappa shape index (κ2) is 8.40. The van der Waals surface area contributed by atoms with E-state index in [9.17, 15) is 4.79 Å². The SMILES string of the molecule is CCCN1CCC(NC(=O)Cc2csc(-c3ccccc3)n2)CC1. The Hall–Kier alpha value is -1.72. The van der Waals surface area contributed by atoms with Gasteiger partial charge < -0.3 is 10.2 Å². The Morgan fingerprint density at radius 2 is 2.04 bits per heavy atom. The topological polar surface area (TPSA) is 45.2 Å². The Kier molecular flexibility index (Phi) is 5.99. The molecule has 1 amide bonds. The molecule has 1 saturated heterocycles. The zero-order chi connectivity index (χ0) is 16.8. The van der Waals surface area contributed by atoms with Crippen LogP contribution in [0.25, 0.3) is 10.6 Å². The number of piperidine rings is 1. The average molecular weight is 343 g/mol. The largest absolute Gasteiger partial charge is 0.353 e. The van der Waals surface area contributed by atoms with Gasteiger partial charge in [-0.25, -0.2) is 4.98 Å². The first-order chi connectivity index (χ1) is 11.7. The average Bonchev–Trinajstić information content (AvgIpc) is 3.06. The van der Waals surface area contributed by atoms with E-state index in [0.717, 1.165) is 42.2 Å². The zero-order valence-corrected chi connectivity index (χ0v) is 15.0. The van der Waals surface area contributed by atoms with Gasteiger partial charge in [-0.3, -0.25) is 4.79 Å². The Bertz CT molecular complexity index is 648. The monoisotopic (exact) mass is 343 g/mol. The van der Waals surface area contributed by atoms with Crippen molar-refractivity contribution in [1.82, 2.24) is 15.2 Å². The van der Waals surface area contributed by atoms with E-state index in [1.54, 1.807) is 11.3 Å². The number of thiazole rings is 1. The molecule has 0 radical (unpaired) electrons. The Labute approximate surface area is 147 Å². The minimum atomic E-state index is 0.0915. The molecule has 2 heterocycles. The lowest BCUT2D eigenvalue weighted by Gasteiger charge is -2.32. The van der Waals surface area contributed by atoms with Gasteiger partial charge in [0.15, 0.2) is 0 Å². The summed E-state index contributed by atoms with van der Waals surface area (Å²) < 4.78 is 0. The molecule has 0 aliphatic carbocycles. The minimum absolute atomic E-state index is 0.0915. The number of carbonyl (C=O) groups is 1. The molecule has 24 heavy (non-hydrogen) atoms. The summed E-state index contributed by atoms with van der Waals surface area (Å²) in [4.78, 5) is 19.4. The van der Waals surface area contributed by atoms with Gasteiger partial charge in [0.05, 0.1) is 12.1 Å². The van der Waals surface area contributed by atoms with Crippen molar-refractivity contribution in [1.29, 1.82) is 0 Å². The zero-order valence-electron chi connectivity index (χ0n) is 14.2. The molecule has 1 aliphatic rings. The summed E-state index contributed by atoms with van der Waals surface area (Å²) in [6.07, 6.45) is 3.68. The number of hydrogen-bond donors (Lipinski definition) is 1. The molecule has 1 fully saturated rings. The first-order valence-corrected chi connectivity index (χ1v) is 9.64. The molecule has 0 atom stereocenters. The molecule has 0 spiro atoms. The molecular weight excluding hydrogens is 318 g/mol. The van der Waals surface area contributed by atoms with Crippen molar-refractivity contribution in [2.75, 3.05) is 19.6 Å². The van der Waals surface area contributed by atoms with Crippen LogP contribution in [-0.2, 0) is 11.2 Å². The minimum Gasteiger partial charge on any atom is -0.353 e. The molecule has 2 aromatic rings. The maximum atomic E-state index is 12.3. The smallest absolute Gasteiger partial charge is 0.226 e. The van der Waals surface area contributed by atoms with E-state index in [-0.39, 0.29) is 5.91 Å². The molecule has 4 nitrogen and oxygen atoms in total. The highest BCUT2D eigenvalue weighted by atomic mass is 32.1. The lowest BCUT2D eigenvalue weighted by Crippen LogP contribution is -2.45. The molecule has 1 aromatic carbocycles. The van der Waals surface area contributed by atoms with Crippen molar-refractivity contribution < 1.29 is 4.79 Å². The van der Waals surface area contributed by atoms with Crippen molar-refractivity contribution in [2.45, 2.75) is 38.6 Å². The fourth-order valence-corrected chi connectivity index (χ4v) is 3.99. The van der Waals surface area contributed by atoms with Gasteiger partial charge in [-0.05, 0) is 25.8 Å². The second-order valence-electron chi connectivity index (χ2n) is 6.37. The highest BCUT2D eigenvalue weighted by Crippen LogP contribution is 2.23. The number of carbonyl (C=O) groups excluding carboxylic acids is 1. The van der Waals surface area contributed by atoms with Crippen LogP contribution in [0.5, 0.6) is 0 Å². The van der Waals surface area contributed by atoms with E-state index in [1.165, 1.54) is 13.0 Å². The van der Waals surface area contributed by atoms with E-state index in [1.807, 2.05) is 35.7 Å². The highest BCUT2D eigenvalue weighted by Gasteiger charge is 2.20. The first kappa shape index (κ1) is 17.1. The second-order valence-corrected chi connectivity index (χ2v) is 7.23. The summed E-state index contributed by atoms with van der Waals surface area (Å²) >= 11 is 1.60. The lowest BCUT2D eigenvalue weighted by atomic mass is 10.0. The number of likely N-dealkylation sites (tertiary alicyclic amines) is 1. The van der Waals surface area contributed by atoms with Gasteiger partial charge in [0, 0.05) is 30.1 Å². The van der Waals surface area contributed by atoms with Crippen LogP contribution in [0.2, 0.25) is 0 Å². The number of nitrogens with one attached hydrogen (secondary N) is 1. The summed E-state index contributed by atoms with van der Waals surface area (Å²) in [5, 5.41) is 6.15. The van der Waals surface area contributed by atoms with Crippen LogP contribution in [0.3, 0.4) is 0 Å². The molecular formula is C19H25N3OS. The van der Waals surface area contributed by atoms with Crippen LogP contribution in [0.4, 0.5) is 0 Å². The number of rotatable bonds is 6. The highest BCUT2D eigenvalue weighted by molar-refractivity contribution is 7.13. The molecule has 1 N–H and O–H groups in total. The molecule has 3 rings (SSSR count). The summed E-state index contributed by atoms with van der Waals surface area (Å²) in [7, 11) is 0. The summed E-state index contributed by atoms with van der Waals surface area (Å²) in [6.45, 7) is 5.56. The van der Waals surface area contributed by atoms with Crippen molar-refractivity contribution >= 4 is 17.2 Å². The normalized spacial score (nSPS) is 16.2. The molecule has 128 valence electrons. The van der Waals surface area contributed by atoms with Gasteiger partial charge in [0.25, 0.3) is 0 Å².